The molecule has 134 valence electrons. The van der Waals surface area contributed by atoms with Gasteiger partial charge in [-0.05, 0) is 73.2 Å². The number of nitrogens with one attached hydrogen (secondary N) is 1. The highest BCUT2D eigenvalue weighted by Gasteiger charge is 2.16. The van der Waals surface area contributed by atoms with Crippen molar-refractivity contribution >= 4 is 27.3 Å². The molecule has 0 aromatic heterocycles. The van der Waals surface area contributed by atoms with E-state index in [1.807, 2.05) is 0 Å². The molecule has 0 spiro atoms. The van der Waals surface area contributed by atoms with Crippen LogP contribution in [0.4, 0.5) is 10.1 Å². The summed E-state index contributed by atoms with van der Waals surface area (Å²) in [6, 6.07) is 16.5. The minimum atomic E-state index is -3.76. The predicted molar refractivity (Wildman–Crippen MR) is 99.9 cm³/mol. The number of anilines is 1. The van der Waals surface area contributed by atoms with Crippen molar-refractivity contribution in [2.24, 2.45) is 0 Å². The van der Waals surface area contributed by atoms with Gasteiger partial charge in [0.25, 0.3) is 10.0 Å². The first-order valence-corrected chi connectivity index (χ1v) is 9.53. The minimum Gasteiger partial charge on any atom is -0.457 e. The SMILES string of the molecule is Cc1c(Cl)cccc1NS(=O)(=O)c1ccc(Oc2ccc(F)cc2)cc1. The number of ether oxygens (including phenoxy) is 1. The summed E-state index contributed by atoms with van der Waals surface area (Å²) in [4.78, 5) is 0.0864. The highest BCUT2D eigenvalue weighted by atomic mass is 35.5. The van der Waals surface area contributed by atoms with E-state index in [1.165, 1.54) is 48.5 Å². The Hall–Kier alpha value is -2.57. The maximum absolute atomic E-state index is 12.9. The van der Waals surface area contributed by atoms with Gasteiger partial charge in [0.1, 0.15) is 17.3 Å². The van der Waals surface area contributed by atoms with Crippen molar-refractivity contribution in [3.63, 3.8) is 0 Å². The van der Waals surface area contributed by atoms with Crippen molar-refractivity contribution in [2.45, 2.75) is 11.8 Å². The van der Waals surface area contributed by atoms with Crippen molar-refractivity contribution < 1.29 is 17.5 Å². The van der Waals surface area contributed by atoms with Crippen LogP contribution in [-0.2, 0) is 10.0 Å². The van der Waals surface area contributed by atoms with Crippen LogP contribution < -0.4 is 9.46 Å². The second-order valence-electron chi connectivity index (χ2n) is 5.55. The molecule has 0 saturated heterocycles. The molecular formula is C19H15ClFNO3S. The Labute approximate surface area is 156 Å². The van der Waals surface area contributed by atoms with Crippen molar-refractivity contribution in [3.05, 3.63) is 83.1 Å². The Bertz CT molecular complexity index is 1020. The monoisotopic (exact) mass is 391 g/mol. The van der Waals surface area contributed by atoms with E-state index >= 15 is 0 Å². The van der Waals surface area contributed by atoms with Crippen LogP contribution in [0.25, 0.3) is 0 Å². The standard InChI is InChI=1S/C19H15ClFNO3S/c1-13-18(20)3-2-4-19(13)22-26(23,24)17-11-9-16(10-12-17)25-15-7-5-14(21)6-8-15/h2-12,22H,1H3. The summed E-state index contributed by atoms with van der Waals surface area (Å²) in [6.07, 6.45) is 0. The Balaban J connectivity index is 1.78. The molecule has 0 heterocycles. The van der Waals surface area contributed by atoms with Gasteiger partial charge in [0.15, 0.2) is 0 Å². The third-order valence-electron chi connectivity index (χ3n) is 3.70. The van der Waals surface area contributed by atoms with Gasteiger partial charge < -0.3 is 4.74 Å². The first kappa shape index (κ1) is 18.2. The van der Waals surface area contributed by atoms with E-state index < -0.39 is 10.0 Å². The summed E-state index contributed by atoms with van der Waals surface area (Å²) in [6.45, 7) is 1.74. The van der Waals surface area contributed by atoms with E-state index in [0.717, 1.165) is 0 Å². The molecule has 0 aliphatic heterocycles. The molecule has 7 heteroatoms. The fourth-order valence-corrected chi connectivity index (χ4v) is 3.54. The highest BCUT2D eigenvalue weighted by Crippen LogP contribution is 2.27. The third-order valence-corrected chi connectivity index (χ3v) is 5.49. The Morgan fingerprint density at radius 3 is 2.12 bits per heavy atom. The van der Waals surface area contributed by atoms with Crippen LogP contribution >= 0.6 is 11.6 Å². The van der Waals surface area contributed by atoms with Crippen molar-refractivity contribution in [1.29, 1.82) is 0 Å². The van der Waals surface area contributed by atoms with Crippen LogP contribution in [0.1, 0.15) is 5.56 Å². The lowest BCUT2D eigenvalue weighted by Crippen LogP contribution is -2.13. The summed E-state index contributed by atoms with van der Waals surface area (Å²) < 4.78 is 46.1. The smallest absolute Gasteiger partial charge is 0.261 e. The maximum atomic E-state index is 12.9. The first-order chi connectivity index (χ1) is 12.3. The van der Waals surface area contributed by atoms with E-state index in [1.54, 1.807) is 25.1 Å². The third kappa shape index (κ3) is 4.15. The molecule has 3 aromatic rings. The quantitative estimate of drug-likeness (QED) is 0.635. The van der Waals surface area contributed by atoms with Gasteiger partial charge >= 0.3 is 0 Å². The second kappa shape index (κ2) is 7.35. The molecule has 4 nitrogen and oxygen atoms in total. The van der Waals surface area contributed by atoms with Crippen LogP contribution in [-0.4, -0.2) is 8.42 Å². The Morgan fingerprint density at radius 1 is 0.923 bits per heavy atom. The molecule has 0 saturated carbocycles. The van der Waals surface area contributed by atoms with Crippen LogP contribution in [0.15, 0.2) is 71.6 Å². The van der Waals surface area contributed by atoms with Crippen molar-refractivity contribution in [2.75, 3.05) is 4.72 Å². The molecule has 0 radical (unpaired) electrons. The summed E-state index contributed by atoms with van der Waals surface area (Å²) in [5, 5.41) is 0.480. The normalized spacial score (nSPS) is 11.2. The predicted octanol–water partition coefficient (Wildman–Crippen LogP) is 5.38. The number of sulfonamides is 1. The molecule has 0 aliphatic rings. The summed E-state index contributed by atoms with van der Waals surface area (Å²) in [7, 11) is -3.76. The van der Waals surface area contributed by atoms with Gasteiger partial charge in [0.2, 0.25) is 0 Å². The van der Waals surface area contributed by atoms with E-state index in [9.17, 15) is 12.8 Å². The lowest BCUT2D eigenvalue weighted by molar-refractivity contribution is 0.480. The topological polar surface area (TPSA) is 55.4 Å². The number of hydrogen-bond acceptors (Lipinski definition) is 3. The van der Waals surface area contributed by atoms with E-state index in [4.69, 9.17) is 16.3 Å². The fraction of sp³-hybridized carbons (Fsp3) is 0.0526. The van der Waals surface area contributed by atoms with Crippen LogP contribution in [0.2, 0.25) is 5.02 Å². The zero-order valence-electron chi connectivity index (χ0n) is 13.7. The molecule has 1 N–H and O–H groups in total. The zero-order valence-corrected chi connectivity index (χ0v) is 15.3. The average molecular weight is 392 g/mol. The molecular weight excluding hydrogens is 377 g/mol. The van der Waals surface area contributed by atoms with E-state index in [2.05, 4.69) is 4.72 Å². The largest absolute Gasteiger partial charge is 0.457 e. The number of benzene rings is 3. The van der Waals surface area contributed by atoms with E-state index in [0.29, 0.717) is 27.8 Å². The summed E-state index contributed by atoms with van der Waals surface area (Å²) in [5.41, 5.74) is 1.07. The average Bonchev–Trinajstić information content (AvgIpc) is 2.61. The fourth-order valence-electron chi connectivity index (χ4n) is 2.25. The minimum absolute atomic E-state index is 0.0864. The van der Waals surface area contributed by atoms with Crippen molar-refractivity contribution in [1.82, 2.24) is 0 Å². The second-order valence-corrected chi connectivity index (χ2v) is 7.63. The lowest BCUT2D eigenvalue weighted by Gasteiger charge is -2.12. The first-order valence-electron chi connectivity index (χ1n) is 7.66. The highest BCUT2D eigenvalue weighted by molar-refractivity contribution is 7.92. The molecule has 0 unspecified atom stereocenters. The van der Waals surface area contributed by atoms with Gasteiger partial charge in [0, 0.05) is 5.02 Å². The Morgan fingerprint density at radius 2 is 1.50 bits per heavy atom. The number of halogens is 2. The van der Waals surface area contributed by atoms with Gasteiger partial charge in [-0.15, -0.1) is 0 Å². The molecule has 26 heavy (non-hydrogen) atoms. The molecule has 0 atom stereocenters. The molecule has 0 amide bonds. The van der Waals surface area contributed by atoms with Gasteiger partial charge in [-0.2, -0.15) is 0 Å². The Kier molecular flexibility index (Phi) is 5.15. The van der Waals surface area contributed by atoms with Crippen molar-refractivity contribution in [3.8, 4) is 11.5 Å². The van der Waals surface area contributed by atoms with Gasteiger partial charge in [-0.1, -0.05) is 17.7 Å². The van der Waals surface area contributed by atoms with Gasteiger partial charge in [-0.25, -0.2) is 12.8 Å². The van der Waals surface area contributed by atoms with Crippen LogP contribution in [0, 0.1) is 12.7 Å². The molecule has 0 aliphatic carbocycles. The van der Waals surface area contributed by atoms with Gasteiger partial charge in [0.05, 0.1) is 10.6 Å². The summed E-state index contributed by atoms with van der Waals surface area (Å²) >= 11 is 6.02. The lowest BCUT2D eigenvalue weighted by atomic mass is 10.2. The van der Waals surface area contributed by atoms with E-state index in [-0.39, 0.29) is 10.7 Å². The molecule has 3 aromatic carbocycles. The molecule has 0 bridgehead atoms. The summed E-state index contributed by atoms with van der Waals surface area (Å²) in [5.74, 6) is 0.533. The number of hydrogen-bond donors (Lipinski definition) is 1. The molecule has 3 rings (SSSR count). The maximum Gasteiger partial charge on any atom is 0.261 e. The zero-order chi connectivity index (χ0) is 18.7. The van der Waals surface area contributed by atoms with Crippen LogP contribution in [0.3, 0.4) is 0 Å². The molecule has 0 fully saturated rings. The van der Waals surface area contributed by atoms with Gasteiger partial charge in [-0.3, -0.25) is 4.72 Å². The van der Waals surface area contributed by atoms with Crippen LogP contribution in [0.5, 0.6) is 11.5 Å². The number of rotatable bonds is 5.